The number of carbonyl (C=O) groups is 1. The molecule has 1 N–H and O–H groups in total. The summed E-state index contributed by atoms with van der Waals surface area (Å²) in [5.74, 6) is 0.234. The van der Waals surface area contributed by atoms with Crippen LogP contribution in [0.15, 0.2) is 42.5 Å². The van der Waals surface area contributed by atoms with E-state index in [1.54, 1.807) is 44.5 Å². The van der Waals surface area contributed by atoms with Crippen LogP contribution in [0.2, 0.25) is 0 Å². The van der Waals surface area contributed by atoms with Crippen molar-refractivity contribution in [2.24, 2.45) is 5.92 Å². The van der Waals surface area contributed by atoms with Crippen molar-refractivity contribution in [3.8, 4) is 11.5 Å². The Morgan fingerprint density at radius 1 is 1.04 bits per heavy atom. The van der Waals surface area contributed by atoms with E-state index in [9.17, 15) is 14.3 Å². The van der Waals surface area contributed by atoms with Crippen LogP contribution in [0.5, 0.6) is 11.5 Å². The predicted molar refractivity (Wildman–Crippen MR) is 106 cm³/mol. The molecule has 0 bridgehead atoms. The number of carbonyl (C=O) groups excluding carboxylic acids is 1. The summed E-state index contributed by atoms with van der Waals surface area (Å²) in [5.41, 5.74) is 1.38. The summed E-state index contributed by atoms with van der Waals surface area (Å²) in [5, 5.41) is 10.6. The van der Waals surface area contributed by atoms with Gasteiger partial charge in [-0.15, -0.1) is 0 Å². The summed E-state index contributed by atoms with van der Waals surface area (Å²) in [6.07, 6.45) is -0.880. The molecule has 0 saturated carbocycles. The molecular formula is C22H28FNO4. The van der Waals surface area contributed by atoms with Crippen molar-refractivity contribution in [3.63, 3.8) is 0 Å². The molecule has 2 aromatic rings. The van der Waals surface area contributed by atoms with E-state index >= 15 is 0 Å². The van der Waals surface area contributed by atoms with Gasteiger partial charge in [0.05, 0.1) is 32.8 Å². The lowest BCUT2D eigenvalue weighted by atomic mass is 9.87. The zero-order valence-electron chi connectivity index (χ0n) is 17.0. The molecule has 0 fully saturated rings. The van der Waals surface area contributed by atoms with Crippen molar-refractivity contribution >= 4 is 5.91 Å². The summed E-state index contributed by atoms with van der Waals surface area (Å²) in [7, 11) is 4.73. The highest BCUT2D eigenvalue weighted by Gasteiger charge is 2.28. The van der Waals surface area contributed by atoms with Gasteiger partial charge in [0.2, 0.25) is 5.91 Å². The highest BCUT2D eigenvalue weighted by molar-refractivity contribution is 5.83. The summed E-state index contributed by atoms with van der Waals surface area (Å²) >= 11 is 0. The molecule has 2 atom stereocenters. The number of amides is 1. The number of hydrogen-bond acceptors (Lipinski definition) is 4. The fourth-order valence-electron chi connectivity index (χ4n) is 3.24. The van der Waals surface area contributed by atoms with Gasteiger partial charge in [-0.05, 0) is 41.3 Å². The van der Waals surface area contributed by atoms with Gasteiger partial charge >= 0.3 is 0 Å². The minimum absolute atomic E-state index is 0.0265. The van der Waals surface area contributed by atoms with Crippen LogP contribution >= 0.6 is 0 Å². The number of aliphatic hydroxyl groups is 1. The Morgan fingerprint density at radius 3 is 2.14 bits per heavy atom. The molecule has 28 heavy (non-hydrogen) atoms. The lowest BCUT2D eigenvalue weighted by Crippen LogP contribution is -2.36. The first kappa shape index (κ1) is 21.7. The summed E-state index contributed by atoms with van der Waals surface area (Å²) in [4.78, 5) is 14.5. The van der Waals surface area contributed by atoms with Crippen molar-refractivity contribution in [1.82, 2.24) is 4.90 Å². The number of likely N-dealkylation sites (N-methyl/N-ethyl adjacent to an activating group) is 1. The van der Waals surface area contributed by atoms with E-state index in [4.69, 9.17) is 9.47 Å². The number of hydrogen-bond donors (Lipinski definition) is 1. The minimum Gasteiger partial charge on any atom is -0.493 e. The predicted octanol–water partition coefficient (Wildman–Crippen LogP) is 3.77. The molecule has 2 aromatic carbocycles. The Hall–Kier alpha value is -2.60. The van der Waals surface area contributed by atoms with E-state index < -0.39 is 12.0 Å². The van der Waals surface area contributed by atoms with Gasteiger partial charge in [0.15, 0.2) is 11.5 Å². The molecule has 2 unspecified atom stereocenters. The molecule has 152 valence electrons. The second kappa shape index (κ2) is 9.55. The first-order chi connectivity index (χ1) is 13.3. The Morgan fingerprint density at radius 2 is 1.61 bits per heavy atom. The molecule has 0 aliphatic heterocycles. The molecule has 0 radical (unpaired) electrons. The van der Waals surface area contributed by atoms with Crippen LogP contribution in [0.25, 0.3) is 0 Å². The number of benzene rings is 2. The standard InChI is InChI=1S/C22H28FNO4/c1-14(2)21(15-6-9-17(23)10-7-15)22(26)24(3)13-18(25)16-8-11-19(27-4)20(12-16)28-5/h6-12,14,18,21,25H,13H2,1-5H3. The van der Waals surface area contributed by atoms with Crippen LogP contribution < -0.4 is 9.47 Å². The van der Waals surface area contributed by atoms with E-state index in [2.05, 4.69) is 0 Å². The number of rotatable bonds is 8. The van der Waals surface area contributed by atoms with E-state index in [0.717, 1.165) is 5.56 Å². The third-order valence-corrected chi connectivity index (χ3v) is 4.78. The SMILES string of the molecule is COc1ccc(C(O)CN(C)C(=O)C(c2ccc(F)cc2)C(C)C)cc1OC. The van der Waals surface area contributed by atoms with Gasteiger partial charge in [0, 0.05) is 7.05 Å². The Kier molecular flexibility index (Phi) is 7.40. The maximum absolute atomic E-state index is 13.2. The van der Waals surface area contributed by atoms with Crippen molar-refractivity contribution in [1.29, 1.82) is 0 Å². The number of nitrogens with zero attached hydrogens (tertiary/aromatic N) is 1. The van der Waals surface area contributed by atoms with Gasteiger partial charge in [0.25, 0.3) is 0 Å². The van der Waals surface area contributed by atoms with E-state index in [1.807, 2.05) is 13.8 Å². The largest absolute Gasteiger partial charge is 0.493 e. The molecule has 0 heterocycles. The zero-order valence-corrected chi connectivity index (χ0v) is 17.0. The Bertz CT molecular complexity index is 792. The van der Waals surface area contributed by atoms with Crippen molar-refractivity contribution in [3.05, 3.63) is 59.4 Å². The van der Waals surface area contributed by atoms with Gasteiger partial charge in [-0.3, -0.25) is 4.79 Å². The minimum atomic E-state index is -0.880. The normalized spacial score (nSPS) is 13.1. The van der Waals surface area contributed by atoms with Crippen molar-refractivity contribution in [2.75, 3.05) is 27.8 Å². The molecule has 0 aromatic heterocycles. The Labute approximate surface area is 165 Å². The third-order valence-electron chi connectivity index (χ3n) is 4.78. The lowest BCUT2D eigenvalue weighted by molar-refractivity contribution is -0.133. The average molecular weight is 389 g/mol. The Balaban J connectivity index is 2.16. The fraction of sp³-hybridized carbons (Fsp3) is 0.409. The quantitative estimate of drug-likeness (QED) is 0.747. The van der Waals surface area contributed by atoms with Gasteiger partial charge in [-0.1, -0.05) is 32.0 Å². The van der Waals surface area contributed by atoms with E-state index in [1.165, 1.54) is 24.1 Å². The lowest BCUT2D eigenvalue weighted by Gasteiger charge is -2.28. The molecular weight excluding hydrogens is 361 g/mol. The van der Waals surface area contributed by atoms with Crippen molar-refractivity contribution in [2.45, 2.75) is 25.9 Å². The topological polar surface area (TPSA) is 59.0 Å². The third kappa shape index (κ3) is 5.01. The maximum atomic E-state index is 13.2. The first-order valence-corrected chi connectivity index (χ1v) is 9.18. The van der Waals surface area contributed by atoms with Crippen LogP contribution in [-0.2, 0) is 4.79 Å². The van der Waals surface area contributed by atoms with Crippen LogP contribution in [-0.4, -0.2) is 43.7 Å². The number of halogens is 1. The summed E-state index contributed by atoms with van der Waals surface area (Å²) in [6, 6.07) is 11.1. The first-order valence-electron chi connectivity index (χ1n) is 9.18. The van der Waals surface area contributed by atoms with Crippen LogP contribution in [0.1, 0.15) is 37.0 Å². The molecule has 1 amide bonds. The second-order valence-electron chi connectivity index (χ2n) is 7.12. The number of aliphatic hydroxyl groups excluding tert-OH is 1. The molecule has 5 nitrogen and oxygen atoms in total. The van der Waals surface area contributed by atoms with Gasteiger partial charge in [0.1, 0.15) is 5.82 Å². The molecule has 0 saturated heterocycles. The number of methoxy groups -OCH3 is 2. The maximum Gasteiger partial charge on any atom is 0.230 e. The molecule has 6 heteroatoms. The van der Waals surface area contributed by atoms with Gasteiger partial charge in [-0.2, -0.15) is 0 Å². The fourth-order valence-corrected chi connectivity index (χ4v) is 3.24. The van der Waals surface area contributed by atoms with Crippen LogP contribution in [0.3, 0.4) is 0 Å². The molecule has 0 aliphatic carbocycles. The van der Waals surface area contributed by atoms with Crippen LogP contribution in [0, 0.1) is 11.7 Å². The van der Waals surface area contributed by atoms with E-state index in [-0.39, 0.29) is 24.2 Å². The van der Waals surface area contributed by atoms with Crippen LogP contribution in [0.4, 0.5) is 4.39 Å². The highest BCUT2D eigenvalue weighted by atomic mass is 19.1. The summed E-state index contributed by atoms with van der Waals surface area (Å²) in [6.45, 7) is 4.02. The smallest absolute Gasteiger partial charge is 0.230 e. The van der Waals surface area contributed by atoms with Gasteiger partial charge < -0.3 is 19.5 Å². The summed E-state index contributed by atoms with van der Waals surface area (Å²) < 4.78 is 23.7. The van der Waals surface area contributed by atoms with Gasteiger partial charge in [-0.25, -0.2) is 4.39 Å². The average Bonchev–Trinajstić information content (AvgIpc) is 2.68. The second-order valence-corrected chi connectivity index (χ2v) is 7.12. The highest BCUT2D eigenvalue weighted by Crippen LogP contribution is 2.31. The van der Waals surface area contributed by atoms with E-state index in [0.29, 0.717) is 17.1 Å². The number of ether oxygens (including phenoxy) is 2. The van der Waals surface area contributed by atoms with Crippen molar-refractivity contribution < 1.29 is 23.8 Å². The molecule has 0 spiro atoms. The monoisotopic (exact) mass is 389 g/mol. The zero-order chi connectivity index (χ0) is 20.8. The molecule has 0 aliphatic rings. The molecule has 2 rings (SSSR count).